The van der Waals surface area contributed by atoms with Crippen molar-refractivity contribution in [3.8, 4) is 0 Å². The number of H-pyrrole nitrogens is 1. The number of aromatic nitrogens is 1. The molecule has 0 aliphatic rings. The molecular weight excluding hydrogens is 245 g/mol. The Balaban J connectivity index is 2.92. The summed E-state index contributed by atoms with van der Waals surface area (Å²) in [4.78, 5) is 3.15. The van der Waals surface area contributed by atoms with Crippen LogP contribution in [0.25, 0.3) is 10.2 Å². The molecular formula is C6H4INS. The van der Waals surface area contributed by atoms with Crippen LogP contribution >= 0.6 is 33.9 Å². The number of hydrogen-bond acceptors (Lipinski definition) is 1. The molecule has 0 saturated carbocycles. The third-order valence-corrected chi connectivity index (χ3v) is 3.07. The molecule has 0 amide bonds. The van der Waals surface area contributed by atoms with Crippen LogP contribution in [0.3, 0.4) is 0 Å². The second kappa shape index (κ2) is 1.98. The quantitative estimate of drug-likeness (QED) is 0.691. The highest BCUT2D eigenvalue weighted by molar-refractivity contribution is 14.1. The van der Waals surface area contributed by atoms with Crippen molar-refractivity contribution in [1.29, 1.82) is 0 Å². The van der Waals surface area contributed by atoms with Crippen LogP contribution in [0.5, 0.6) is 0 Å². The molecule has 0 aliphatic heterocycles. The molecule has 2 aromatic rings. The van der Waals surface area contributed by atoms with Crippen molar-refractivity contribution < 1.29 is 0 Å². The maximum atomic E-state index is 3.15. The average molecular weight is 249 g/mol. The highest BCUT2D eigenvalue weighted by atomic mass is 127. The lowest BCUT2D eigenvalue weighted by molar-refractivity contribution is 1.48. The molecule has 1 N–H and O–H groups in total. The largest absolute Gasteiger partial charge is 0.360 e. The van der Waals surface area contributed by atoms with Gasteiger partial charge in [-0.15, -0.1) is 11.3 Å². The van der Waals surface area contributed by atoms with E-state index in [2.05, 4.69) is 39.7 Å². The molecule has 2 rings (SSSR count). The summed E-state index contributed by atoms with van der Waals surface area (Å²) in [6.07, 6.45) is 1.97. The Hall–Kier alpha value is -0.0300. The highest BCUT2D eigenvalue weighted by Crippen LogP contribution is 2.24. The second-order valence-electron chi connectivity index (χ2n) is 1.81. The summed E-state index contributed by atoms with van der Waals surface area (Å²) in [6, 6.07) is 4.25. The fraction of sp³-hybridized carbons (Fsp3) is 0. The third kappa shape index (κ3) is 0.880. The number of nitrogens with one attached hydrogen (secondary N) is 1. The number of aromatic amines is 1. The maximum Gasteiger partial charge on any atom is 0.0681 e. The molecule has 1 nitrogen and oxygen atoms in total. The topological polar surface area (TPSA) is 15.8 Å². The lowest BCUT2D eigenvalue weighted by Gasteiger charge is -1.68. The van der Waals surface area contributed by atoms with E-state index in [4.69, 9.17) is 0 Å². The Labute approximate surface area is 70.2 Å². The van der Waals surface area contributed by atoms with Crippen molar-refractivity contribution in [2.24, 2.45) is 0 Å². The van der Waals surface area contributed by atoms with Crippen molar-refractivity contribution in [2.75, 3.05) is 0 Å². The van der Waals surface area contributed by atoms with Gasteiger partial charge in [0.05, 0.1) is 13.1 Å². The molecule has 3 heteroatoms. The molecule has 2 aromatic heterocycles. The Bertz CT molecular complexity index is 294. The normalized spacial score (nSPS) is 10.8. The van der Waals surface area contributed by atoms with Crippen molar-refractivity contribution in [3.05, 3.63) is 21.2 Å². The minimum atomic E-state index is 1.25. The maximum absolute atomic E-state index is 3.15. The fourth-order valence-electron chi connectivity index (χ4n) is 0.818. The Kier molecular flexibility index (Phi) is 1.26. The van der Waals surface area contributed by atoms with Gasteiger partial charge in [0.2, 0.25) is 0 Å². The summed E-state index contributed by atoms with van der Waals surface area (Å²) in [6.45, 7) is 0. The summed E-state index contributed by atoms with van der Waals surface area (Å²) < 4.78 is 2.69. The van der Waals surface area contributed by atoms with E-state index in [0.29, 0.717) is 0 Å². The van der Waals surface area contributed by atoms with Crippen LogP contribution in [0.4, 0.5) is 0 Å². The van der Waals surface area contributed by atoms with E-state index in [0.717, 1.165) is 0 Å². The monoisotopic (exact) mass is 249 g/mol. The molecule has 0 aliphatic carbocycles. The first-order valence-electron chi connectivity index (χ1n) is 2.59. The van der Waals surface area contributed by atoms with Crippen LogP contribution in [0.2, 0.25) is 0 Å². The van der Waals surface area contributed by atoms with Crippen LogP contribution in [-0.2, 0) is 0 Å². The summed E-state index contributed by atoms with van der Waals surface area (Å²) in [5.74, 6) is 0. The van der Waals surface area contributed by atoms with Crippen molar-refractivity contribution in [3.63, 3.8) is 0 Å². The first kappa shape index (κ1) is 5.73. The zero-order valence-corrected chi connectivity index (χ0v) is 7.49. The van der Waals surface area contributed by atoms with Crippen LogP contribution in [0.15, 0.2) is 18.3 Å². The molecule has 0 bridgehead atoms. The van der Waals surface area contributed by atoms with Crippen molar-refractivity contribution >= 4 is 44.1 Å². The fourth-order valence-corrected chi connectivity index (χ4v) is 2.59. The van der Waals surface area contributed by atoms with Crippen LogP contribution < -0.4 is 0 Å². The van der Waals surface area contributed by atoms with Gasteiger partial charge in [-0.05, 0) is 34.7 Å². The molecule has 0 aromatic carbocycles. The third-order valence-electron chi connectivity index (χ3n) is 1.20. The Morgan fingerprint density at radius 1 is 1.56 bits per heavy atom. The Morgan fingerprint density at radius 2 is 2.44 bits per heavy atom. The highest BCUT2D eigenvalue weighted by Gasteiger charge is 1.96. The van der Waals surface area contributed by atoms with Gasteiger partial charge in [-0.1, -0.05) is 0 Å². The van der Waals surface area contributed by atoms with Crippen molar-refractivity contribution in [2.45, 2.75) is 0 Å². The lowest BCUT2D eigenvalue weighted by atomic mass is 10.5. The van der Waals surface area contributed by atoms with Gasteiger partial charge >= 0.3 is 0 Å². The summed E-state index contributed by atoms with van der Waals surface area (Å²) >= 11 is 4.14. The molecule has 0 fully saturated rings. The van der Waals surface area contributed by atoms with E-state index >= 15 is 0 Å². The van der Waals surface area contributed by atoms with Gasteiger partial charge < -0.3 is 4.98 Å². The molecule has 0 atom stereocenters. The number of halogens is 1. The predicted octanol–water partition coefficient (Wildman–Crippen LogP) is 2.83. The summed E-state index contributed by atoms with van der Waals surface area (Å²) in [5, 5.41) is 0. The van der Waals surface area contributed by atoms with Crippen LogP contribution in [0, 0.1) is 2.88 Å². The van der Waals surface area contributed by atoms with Gasteiger partial charge in [-0.2, -0.15) is 0 Å². The van der Waals surface area contributed by atoms with E-state index in [1.165, 1.54) is 13.1 Å². The SMILES string of the molecule is Ic1cc2[nH]ccc2s1. The van der Waals surface area contributed by atoms with Crippen molar-refractivity contribution in [1.82, 2.24) is 4.98 Å². The lowest BCUT2D eigenvalue weighted by Crippen LogP contribution is -1.53. The second-order valence-corrected chi connectivity index (χ2v) is 4.78. The number of fused-ring (bicyclic) bond motifs is 1. The number of rotatable bonds is 0. The first-order chi connectivity index (χ1) is 4.36. The standard InChI is InChI=1S/C6H4INS/c7-6-3-4-5(9-6)1-2-8-4/h1-3,8H. The summed E-state index contributed by atoms with van der Waals surface area (Å²) in [5.41, 5.74) is 1.25. The molecule has 46 valence electrons. The smallest absolute Gasteiger partial charge is 0.0681 e. The molecule has 0 spiro atoms. The van der Waals surface area contributed by atoms with Gasteiger partial charge in [-0.25, -0.2) is 0 Å². The summed E-state index contributed by atoms with van der Waals surface area (Å²) in [7, 11) is 0. The van der Waals surface area contributed by atoms with E-state index in [-0.39, 0.29) is 0 Å². The molecule has 0 radical (unpaired) electrons. The van der Waals surface area contributed by atoms with Gasteiger partial charge in [0, 0.05) is 6.20 Å². The average Bonchev–Trinajstić information content (AvgIpc) is 2.22. The van der Waals surface area contributed by atoms with Crippen LogP contribution in [-0.4, -0.2) is 4.98 Å². The molecule has 2 heterocycles. The van der Waals surface area contributed by atoms with E-state index < -0.39 is 0 Å². The molecule has 9 heavy (non-hydrogen) atoms. The van der Waals surface area contributed by atoms with E-state index in [1.807, 2.05) is 17.5 Å². The predicted molar refractivity (Wildman–Crippen MR) is 48.9 cm³/mol. The van der Waals surface area contributed by atoms with Crippen LogP contribution in [0.1, 0.15) is 0 Å². The van der Waals surface area contributed by atoms with Gasteiger partial charge in [0.15, 0.2) is 0 Å². The molecule has 0 unspecified atom stereocenters. The number of thiophene rings is 1. The van der Waals surface area contributed by atoms with E-state index in [9.17, 15) is 0 Å². The minimum absolute atomic E-state index is 1.25. The molecule has 0 saturated heterocycles. The van der Waals surface area contributed by atoms with E-state index in [1.54, 1.807) is 0 Å². The number of hydrogen-bond donors (Lipinski definition) is 1. The first-order valence-corrected chi connectivity index (χ1v) is 4.48. The minimum Gasteiger partial charge on any atom is -0.360 e. The Morgan fingerprint density at radius 3 is 3.22 bits per heavy atom. The van der Waals surface area contributed by atoms with Gasteiger partial charge in [-0.3, -0.25) is 0 Å². The zero-order valence-electron chi connectivity index (χ0n) is 4.52. The zero-order chi connectivity index (χ0) is 6.27. The van der Waals surface area contributed by atoms with Gasteiger partial charge in [0.25, 0.3) is 0 Å². The van der Waals surface area contributed by atoms with Gasteiger partial charge in [0.1, 0.15) is 0 Å².